The summed E-state index contributed by atoms with van der Waals surface area (Å²) in [5.41, 5.74) is 1.36. The van der Waals surface area contributed by atoms with Crippen LogP contribution in [0.15, 0.2) is 36.2 Å². The smallest absolute Gasteiger partial charge is 0.342 e. The number of hydrogen-bond donors (Lipinski definition) is 0. The SMILES string of the molecule is FB1N2C(=Cc3cccn31)C=CC2F. The second kappa shape index (κ2) is 2.50. The molecule has 1 aromatic heterocycles. The summed E-state index contributed by atoms with van der Waals surface area (Å²) in [5.74, 6) is 0. The number of alkyl halides is 1. The van der Waals surface area contributed by atoms with Gasteiger partial charge in [-0.2, -0.15) is 0 Å². The minimum absolute atomic E-state index is 0.594. The largest absolute Gasteiger partial charge is 0.594 e. The van der Waals surface area contributed by atoms with Crippen LogP contribution < -0.4 is 0 Å². The average molecular weight is 192 g/mol. The van der Waals surface area contributed by atoms with Crippen molar-refractivity contribution in [2.24, 2.45) is 0 Å². The molecule has 0 bridgehead atoms. The van der Waals surface area contributed by atoms with Gasteiger partial charge in [0.05, 0.1) is 0 Å². The second-order valence-electron chi connectivity index (χ2n) is 3.36. The van der Waals surface area contributed by atoms with Gasteiger partial charge in [0.25, 0.3) is 0 Å². The molecule has 2 aliphatic heterocycles. The van der Waals surface area contributed by atoms with Gasteiger partial charge in [-0.3, -0.25) is 4.32 Å². The van der Waals surface area contributed by atoms with Crippen LogP contribution in [0.25, 0.3) is 6.08 Å². The van der Waals surface area contributed by atoms with Crippen molar-refractivity contribution < 1.29 is 8.71 Å². The molecule has 3 rings (SSSR count). The first-order valence-corrected chi connectivity index (χ1v) is 4.40. The minimum atomic E-state index is -1.44. The second-order valence-corrected chi connectivity index (χ2v) is 3.36. The van der Waals surface area contributed by atoms with Crippen LogP contribution in [0.4, 0.5) is 8.71 Å². The number of allylic oxidation sites excluding steroid dienone is 1. The highest BCUT2D eigenvalue weighted by atomic mass is 19.1. The predicted octanol–water partition coefficient (Wildman–Crippen LogP) is 1.81. The average Bonchev–Trinajstić information content (AvgIpc) is 2.74. The fourth-order valence-corrected chi connectivity index (χ4v) is 1.87. The number of halogens is 2. The van der Waals surface area contributed by atoms with E-state index in [1.54, 1.807) is 30.5 Å². The van der Waals surface area contributed by atoms with Gasteiger partial charge in [-0.25, -0.2) is 4.39 Å². The highest BCUT2D eigenvalue weighted by Gasteiger charge is 2.39. The monoisotopic (exact) mass is 192 g/mol. The molecule has 5 heteroatoms. The lowest BCUT2D eigenvalue weighted by Gasteiger charge is -2.28. The number of fused-ring (bicyclic) bond motifs is 2. The molecule has 2 aliphatic rings. The summed E-state index contributed by atoms with van der Waals surface area (Å²) in [6.07, 6.45) is 4.98. The predicted molar refractivity (Wildman–Crippen MR) is 50.5 cm³/mol. The third-order valence-electron chi connectivity index (χ3n) is 2.56. The highest BCUT2D eigenvalue weighted by Crippen LogP contribution is 2.30. The van der Waals surface area contributed by atoms with Crippen LogP contribution in [-0.2, 0) is 0 Å². The van der Waals surface area contributed by atoms with Crippen LogP contribution in [0, 0.1) is 0 Å². The first kappa shape index (κ1) is 7.85. The number of hydrogen-bond acceptors (Lipinski definition) is 1. The molecule has 3 heterocycles. The Morgan fingerprint density at radius 1 is 1.43 bits per heavy atom. The minimum Gasteiger partial charge on any atom is -0.342 e. The highest BCUT2D eigenvalue weighted by molar-refractivity contribution is 6.48. The molecule has 70 valence electrons. The van der Waals surface area contributed by atoms with Gasteiger partial charge in [-0.05, 0) is 36.6 Å². The molecule has 1 aromatic rings. The van der Waals surface area contributed by atoms with Gasteiger partial charge < -0.3 is 9.29 Å². The van der Waals surface area contributed by atoms with E-state index in [4.69, 9.17) is 0 Å². The van der Waals surface area contributed by atoms with Gasteiger partial charge in [-0.15, -0.1) is 0 Å². The molecular formula is C9H7BF2N2. The Morgan fingerprint density at radius 3 is 3.14 bits per heavy atom. The van der Waals surface area contributed by atoms with E-state index in [0.717, 1.165) is 10.5 Å². The lowest BCUT2D eigenvalue weighted by atomic mass is 9.96. The summed E-state index contributed by atoms with van der Waals surface area (Å²) >= 11 is 0. The zero-order valence-electron chi connectivity index (χ0n) is 7.27. The van der Waals surface area contributed by atoms with E-state index in [-0.39, 0.29) is 0 Å². The Labute approximate surface area is 80.3 Å². The van der Waals surface area contributed by atoms with Crippen LogP contribution in [0.2, 0.25) is 0 Å². The summed E-state index contributed by atoms with van der Waals surface area (Å²) in [6.45, 7) is 0. The Balaban J connectivity index is 2.16. The van der Waals surface area contributed by atoms with E-state index >= 15 is 0 Å². The summed E-state index contributed by atoms with van der Waals surface area (Å²) < 4.78 is 28.4. The standard InChI is InChI=1S/C9H7BF2N2/c11-9-4-3-8-6-7-2-1-5-13(7)10(12)14(8)9/h1-6,9H. The van der Waals surface area contributed by atoms with Crippen molar-refractivity contribution in [3.05, 3.63) is 41.9 Å². The molecule has 0 saturated heterocycles. The zero-order valence-corrected chi connectivity index (χ0v) is 7.27. The Morgan fingerprint density at radius 2 is 2.29 bits per heavy atom. The first-order chi connectivity index (χ1) is 6.77. The number of rotatable bonds is 0. The molecule has 1 unspecified atom stereocenters. The molecular weight excluding hydrogens is 185 g/mol. The van der Waals surface area contributed by atoms with Crippen molar-refractivity contribution in [1.82, 2.24) is 9.29 Å². The third-order valence-corrected chi connectivity index (χ3v) is 2.56. The molecule has 0 fully saturated rings. The topological polar surface area (TPSA) is 8.17 Å². The molecule has 0 saturated carbocycles. The molecule has 0 aromatic carbocycles. The van der Waals surface area contributed by atoms with Crippen molar-refractivity contribution in [1.29, 1.82) is 0 Å². The molecule has 2 nitrogen and oxygen atoms in total. The van der Waals surface area contributed by atoms with Gasteiger partial charge in [0.2, 0.25) is 0 Å². The number of aromatic nitrogens is 1. The molecule has 0 amide bonds. The van der Waals surface area contributed by atoms with E-state index in [9.17, 15) is 8.71 Å². The maximum absolute atomic E-state index is 13.8. The molecule has 0 radical (unpaired) electrons. The molecule has 14 heavy (non-hydrogen) atoms. The molecule has 0 spiro atoms. The maximum Gasteiger partial charge on any atom is 0.594 e. The Kier molecular flexibility index (Phi) is 1.40. The van der Waals surface area contributed by atoms with Gasteiger partial charge >= 0.3 is 7.26 Å². The van der Waals surface area contributed by atoms with Crippen LogP contribution in [0.5, 0.6) is 0 Å². The maximum atomic E-state index is 13.8. The van der Waals surface area contributed by atoms with Gasteiger partial charge in [0.15, 0.2) is 6.30 Å². The Hall–Kier alpha value is -1.52. The third kappa shape index (κ3) is 0.841. The quantitative estimate of drug-likeness (QED) is 0.449. The van der Waals surface area contributed by atoms with Crippen molar-refractivity contribution >= 4 is 13.3 Å². The molecule has 0 N–H and O–H groups in total. The Bertz CT molecular complexity index is 438. The molecule has 0 aliphatic carbocycles. The first-order valence-electron chi connectivity index (χ1n) is 4.40. The van der Waals surface area contributed by atoms with Gasteiger partial charge in [-0.1, -0.05) is 0 Å². The van der Waals surface area contributed by atoms with Gasteiger partial charge in [0.1, 0.15) is 0 Å². The van der Waals surface area contributed by atoms with Crippen LogP contribution in [0.3, 0.4) is 0 Å². The fraction of sp³-hybridized carbons (Fsp3) is 0.111. The van der Waals surface area contributed by atoms with Crippen molar-refractivity contribution in [3.63, 3.8) is 0 Å². The van der Waals surface area contributed by atoms with Crippen molar-refractivity contribution in [2.45, 2.75) is 6.30 Å². The van der Waals surface area contributed by atoms with E-state index in [1.165, 1.54) is 10.6 Å². The van der Waals surface area contributed by atoms with E-state index in [1.807, 2.05) is 0 Å². The summed E-state index contributed by atoms with van der Waals surface area (Å²) in [5, 5.41) is 0. The van der Waals surface area contributed by atoms with Gasteiger partial charge in [0, 0.05) is 11.4 Å². The summed E-state index contributed by atoms with van der Waals surface area (Å²) in [4.78, 5) is 1.10. The van der Waals surface area contributed by atoms with Crippen LogP contribution >= 0.6 is 0 Å². The van der Waals surface area contributed by atoms with Crippen LogP contribution in [0.1, 0.15) is 5.69 Å². The molecule has 1 atom stereocenters. The van der Waals surface area contributed by atoms with E-state index < -0.39 is 13.6 Å². The van der Waals surface area contributed by atoms with Crippen molar-refractivity contribution in [3.8, 4) is 0 Å². The summed E-state index contributed by atoms with van der Waals surface area (Å²) in [7, 11) is -1.44. The van der Waals surface area contributed by atoms with Crippen molar-refractivity contribution in [2.75, 3.05) is 0 Å². The van der Waals surface area contributed by atoms with E-state index in [0.29, 0.717) is 5.70 Å². The number of nitrogens with zero attached hydrogens (tertiary/aromatic N) is 2. The van der Waals surface area contributed by atoms with E-state index in [2.05, 4.69) is 0 Å². The fourth-order valence-electron chi connectivity index (χ4n) is 1.87. The lowest BCUT2D eigenvalue weighted by molar-refractivity contribution is 0.250. The normalized spacial score (nSPS) is 23.6. The summed E-state index contributed by atoms with van der Waals surface area (Å²) in [6, 6.07) is 3.55. The zero-order chi connectivity index (χ0) is 9.71. The lowest BCUT2D eigenvalue weighted by Crippen LogP contribution is -2.44. The van der Waals surface area contributed by atoms with Crippen LogP contribution in [-0.4, -0.2) is 22.8 Å².